The molecule has 144 valence electrons. The van der Waals surface area contributed by atoms with Crippen LogP contribution in [0, 0.1) is 0 Å². The van der Waals surface area contributed by atoms with Gasteiger partial charge in [0.2, 0.25) is 11.0 Å². The largest absolute Gasteiger partial charge is 0.497 e. The van der Waals surface area contributed by atoms with E-state index < -0.39 is 0 Å². The van der Waals surface area contributed by atoms with E-state index in [1.54, 1.807) is 13.2 Å². The lowest BCUT2D eigenvalue weighted by Crippen LogP contribution is -2.07. The lowest BCUT2D eigenvalue weighted by Gasteiger charge is -2.04. The molecule has 3 aromatic rings. The Labute approximate surface area is 167 Å². The highest BCUT2D eigenvalue weighted by Gasteiger charge is 2.06. The van der Waals surface area contributed by atoms with Gasteiger partial charge in [0.05, 0.1) is 13.7 Å². The number of nitrogens with one attached hydrogen (secondary N) is 1. The zero-order valence-corrected chi connectivity index (χ0v) is 16.3. The fourth-order valence-corrected chi connectivity index (χ4v) is 3.15. The molecule has 0 saturated heterocycles. The quantitative estimate of drug-likeness (QED) is 0.434. The van der Waals surface area contributed by atoms with Gasteiger partial charge < -0.3 is 9.47 Å². The Hall–Kier alpha value is -3.19. The van der Waals surface area contributed by atoms with Crippen LogP contribution < -0.4 is 14.8 Å². The van der Waals surface area contributed by atoms with Gasteiger partial charge in [0.1, 0.15) is 16.5 Å². The zero-order valence-electron chi connectivity index (χ0n) is 15.5. The summed E-state index contributed by atoms with van der Waals surface area (Å²) in [6.07, 6.45) is 4.78. The van der Waals surface area contributed by atoms with Gasteiger partial charge in [-0.25, -0.2) is 0 Å². The van der Waals surface area contributed by atoms with Crippen molar-refractivity contribution < 1.29 is 14.3 Å². The summed E-state index contributed by atoms with van der Waals surface area (Å²) in [6.45, 7) is 0.607. The third-order valence-corrected chi connectivity index (χ3v) is 4.69. The molecule has 0 saturated carbocycles. The van der Waals surface area contributed by atoms with Gasteiger partial charge in [-0.05, 0) is 42.3 Å². The maximum atomic E-state index is 12.0. The fraction of sp³-hybridized carbons (Fsp3) is 0.190. The molecule has 0 bridgehead atoms. The van der Waals surface area contributed by atoms with Crippen molar-refractivity contribution in [2.24, 2.45) is 0 Å². The molecule has 0 aliphatic rings. The first-order chi connectivity index (χ1) is 13.7. The smallest absolute Gasteiger partial charge is 0.250 e. The Balaban J connectivity index is 1.41. The summed E-state index contributed by atoms with van der Waals surface area (Å²) < 4.78 is 10.8. The highest BCUT2D eigenvalue weighted by molar-refractivity contribution is 7.15. The molecule has 1 heterocycles. The van der Waals surface area contributed by atoms with E-state index >= 15 is 0 Å². The number of anilines is 1. The number of carbonyl (C=O) groups is 1. The first kappa shape index (κ1) is 19.6. The van der Waals surface area contributed by atoms with Gasteiger partial charge in [0.15, 0.2) is 0 Å². The Kier molecular flexibility index (Phi) is 7.14. The fourth-order valence-electron chi connectivity index (χ4n) is 2.37. The summed E-state index contributed by atoms with van der Waals surface area (Å²) in [7, 11) is 1.62. The third-order valence-electron chi connectivity index (χ3n) is 3.79. The molecule has 1 N–H and O–H groups in total. The molecular weight excluding hydrogens is 374 g/mol. The molecular formula is C21H21N3O3S. The molecule has 2 aromatic carbocycles. The number of benzene rings is 2. The monoisotopic (exact) mass is 395 g/mol. The van der Waals surface area contributed by atoms with Crippen LogP contribution in [0.15, 0.2) is 60.7 Å². The second-order valence-corrected chi connectivity index (χ2v) is 6.92. The van der Waals surface area contributed by atoms with Crippen molar-refractivity contribution in [3.8, 4) is 11.5 Å². The van der Waals surface area contributed by atoms with Gasteiger partial charge in [-0.1, -0.05) is 41.7 Å². The summed E-state index contributed by atoms with van der Waals surface area (Å²) in [4.78, 5) is 12.0. The SMILES string of the molecule is COc1ccc(/C=C/C(=O)Nc2nnc(CCCOc3ccccc3)s2)cc1. The Morgan fingerprint density at radius 3 is 2.61 bits per heavy atom. The molecule has 0 aliphatic heterocycles. The molecule has 0 atom stereocenters. The topological polar surface area (TPSA) is 73.3 Å². The maximum absolute atomic E-state index is 12.0. The summed E-state index contributed by atoms with van der Waals surface area (Å²) >= 11 is 1.37. The van der Waals surface area contributed by atoms with E-state index in [0.29, 0.717) is 11.7 Å². The number of para-hydroxylation sites is 1. The Morgan fingerprint density at radius 1 is 1.07 bits per heavy atom. The summed E-state index contributed by atoms with van der Waals surface area (Å²) in [5.41, 5.74) is 0.910. The van der Waals surface area contributed by atoms with Crippen molar-refractivity contribution >= 4 is 28.5 Å². The van der Waals surface area contributed by atoms with Crippen molar-refractivity contribution in [1.29, 1.82) is 0 Å². The van der Waals surface area contributed by atoms with Gasteiger partial charge in [0.25, 0.3) is 0 Å². The number of nitrogens with zero attached hydrogens (tertiary/aromatic N) is 2. The van der Waals surface area contributed by atoms with Crippen LogP contribution in [0.2, 0.25) is 0 Å². The van der Waals surface area contributed by atoms with Crippen molar-refractivity contribution in [2.45, 2.75) is 12.8 Å². The second kappa shape index (κ2) is 10.2. The summed E-state index contributed by atoms with van der Waals surface area (Å²) in [5, 5.41) is 12.2. The highest BCUT2D eigenvalue weighted by Crippen LogP contribution is 2.17. The third kappa shape index (κ3) is 6.21. The molecule has 28 heavy (non-hydrogen) atoms. The lowest BCUT2D eigenvalue weighted by molar-refractivity contribution is -0.111. The molecule has 0 unspecified atom stereocenters. The van der Waals surface area contributed by atoms with Gasteiger partial charge in [0, 0.05) is 12.5 Å². The van der Waals surface area contributed by atoms with E-state index in [1.165, 1.54) is 17.4 Å². The molecule has 0 fully saturated rings. The highest BCUT2D eigenvalue weighted by atomic mass is 32.1. The standard InChI is InChI=1S/C21H21N3O3S/c1-26-17-12-9-16(10-13-17)11-14-19(25)22-21-24-23-20(28-21)8-5-15-27-18-6-3-2-4-7-18/h2-4,6-7,9-14H,5,8,15H2,1H3,(H,22,24,25)/b14-11+. The number of ether oxygens (including phenoxy) is 2. The van der Waals surface area contributed by atoms with E-state index in [0.717, 1.165) is 34.9 Å². The molecule has 1 aromatic heterocycles. The van der Waals surface area contributed by atoms with Crippen molar-refractivity contribution in [3.05, 3.63) is 71.2 Å². The van der Waals surface area contributed by atoms with Crippen LogP contribution >= 0.6 is 11.3 Å². The Morgan fingerprint density at radius 2 is 1.86 bits per heavy atom. The van der Waals surface area contributed by atoms with Gasteiger partial charge in [-0.2, -0.15) is 0 Å². The maximum Gasteiger partial charge on any atom is 0.250 e. The first-order valence-electron chi connectivity index (χ1n) is 8.86. The van der Waals surface area contributed by atoms with Crippen LogP contribution in [0.5, 0.6) is 11.5 Å². The zero-order chi connectivity index (χ0) is 19.6. The van der Waals surface area contributed by atoms with E-state index in [1.807, 2.05) is 54.6 Å². The van der Waals surface area contributed by atoms with Crippen molar-refractivity contribution in [2.75, 3.05) is 19.0 Å². The molecule has 3 rings (SSSR count). The van der Waals surface area contributed by atoms with Gasteiger partial charge in [-0.15, -0.1) is 10.2 Å². The van der Waals surface area contributed by atoms with Crippen LogP contribution in [0.3, 0.4) is 0 Å². The number of methoxy groups -OCH3 is 1. The Bertz CT molecular complexity index is 908. The van der Waals surface area contributed by atoms with Crippen molar-refractivity contribution in [3.63, 3.8) is 0 Å². The minimum absolute atomic E-state index is 0.245. The minimum Gasteiger partial charge on any atom is -0.497 e. The van der Waals surface area contributed by atoms with Crippen LogP contribution in [-0.2, 0) is 11.2 Å². The summed E-state index contributed by atoms with van der Waals surface area (Å²) in [5.74, 6) is 1.39. The average Bonchev–Trinajstić information content (AvgIpc) is 3.18. The van der Waals surface area contributed by atoms with Gasteiger partial charge in [-0.3, -0.25) is 10.1 Å². The predicted octanol–water partition coefficient (Wildman–Crippen LogP) is 4.21. The number of hydrogen-bond acceptors (Lipinski definition) is 6. The minimum atomic E-state index is -0.245. The lowest BCUT2D eigenvalue weighted by atomic mass is 10.2. The molecule has 1 amide bonds. The van der Waals surface area contributed by atoms with Gasteiger partial charge >= 0.3 is 0 Å². The first-order valence-corrected chi connectivity index (χ1v) is 9.68. The number of rotatable bonds is 9. The number of carbonyl (C=O) groups excluding carboxylic acids is 1. The predicted molar refractivity (Wildman–Crippen MR) is 111 cm³/mol. The molecule has 0 spiro atoms. The number of amides is 1. The average molecular weight is 395 g/mol. The molecule has 0 radical (unpaired) electrons. The van der Waals surface area contributed by atoms with Crippen LogP contribution in [0.4, 0.5) is 5.13 Å². The number of aryl methyl sites for hydroxylation is 1. The summed E-state index contributed by atoms with van der Waals surface area (Å²) in [6, 6.07) is 17.1. The molecule has 6 nitrogen and oxygen atoms in total. The number of hydrogen-bond donors (Lipinski definition) is 1. The van der Waals surface area contributed by atoms with E-state index in [9.17, 15) is 4.79 Å². The van der Waals surface area contributed by atoms with Crippen LogP contribution in [-0.4, -0.2) is 29.8 Å². The van der Waals surface area contributed by atoms with Crippen LogP contribution in [0.1, 0.15) is 17.0 Å². The second-order valence-electron chi connectivity index (χ2n) is 5.86. The molecule has 0 aliphatic carbocycles. The molecule has 7 heteroatoms. The normalized spacial score (nSPS) is 10.8. The number of aromatic nitrogens is 2. The van der Waals surface area contributed by atoms with E-state index in [2.05, 4.69) is 15.5 Å². The van der Waals surface area contributed by atoms with E-state index in [4.69, 9.17) is 9.47 Å². The van der Waals surface area contributed by atoms with E-state index in [-0.39, 0.29) is 5.91 Å². The van der Waals surface area contributed by atoms with Crippen LogP contribution in [0.25, 0.3) is 6.08 Å². The van der Waals surface area contributed by atoms with Crippen molar-refractivity contribution in [1.82, 2.24) is 10.2 Å².